The van der Waals surface area contributed by atoms with Gasteiger partial charge in [0, 0.05) is 36.6 Å². The van der Waals surface area contributed by atoms with Crippen LogP contribution in [0.15, 0.2) is 168 Å². The van der Waals surface area contributed by atoms with E-state index in [1.165, 1.54) is 36.4 Å². The molecule has 0 heterocycles. The van der Waals surface area contributed by atoms with Crippen molar-refractivity contribution in [2.75, 3.05) is 10.6 Å². The van der Waals surface area contributed by atoms with E-state index in [1.54, 1.807) is 54.6 Å². The minimum Gasteiger partial charge on any atom is -0.379 e. The first-order valence-corrected chi connectivity index (χ1v) is 20.1. The molecular weight excluding hydrogens is 753 g/mol. The Kier molecular flexibility index (Phi) is 10.8. The molecule has 7 aromatic rings. The largest absolute Gasteiger partial charge is 0.379 e. The molecule has 0 saturated heterocycles. The smallest absolute Gasteiger partial charge is 0.339 e. The Balaban J connectivity index is 0.886. The van der Waals surface area contributed by atoms with Crippen molar-refractivity contribution in [3.05, 3.63) is 169 Å². The predicted octanol–water partition coefficient (Wildman–Crippen LogP) is 8.17. The number of carbonyl (C=O) groups excluding carboxylic acids is 2. The summed E-state index contributed by atoms with van der Waals surface area (Å²) in [5, 5.41) is 14.2. The van der Waals surface area contributed by atoms with Crippen molar-refractivity contribution in [3.8, 4) is 11.5 Å². The highest BCUT2D eigenvalue weighted by molar-refractivity contribution is 7.87. The first-order valence-electron chi connectivity index (χ1n) is 17.2. The molecule has 0 atom stereocenters. The molecule has 12 nitrogen and oxygen atoms in total. The van der Waals surface area contributed by atoms with E-state index in [9.17, 15) is 26.4 Å². The highest BCUT2D eigenvalue weighted by Crippen LogP contribution is 2.26. The lowest BCUT2D eigenvalue weighted by molar-refractivity contribution is 0.251. The van der Waals surface area contributed by atoms with E-state index in [4.69, 9.17) is 8.37 Å². The lowest BCUT2D eigenvalue weighted by Gasteiger charge is -2.12. The monoisotopic (exact) mass is 786 g/mol. The van der Waals surface area contributed by atoms with Crippen LogP contribution < -0.4 is 29.6 Å². The number of benzene rings is 7. The highest BCUT2D eigenvalue weighted by Gasteiger charge is 2.19. The maximum atomic E-state index is 13.0. The summed E-state index contributed by atoms with van der Waals surface area (Å²) in [6.07, 6.45) is 0. The molecule has 14 heteroatoms. The van der Waals surface area contributed by atoms with Crippen LogP contribution in [0.4, 0.5) is 21.0 Å². The van der Waals surface area contributed by atoms with Gasteiger partial charge in [0.25, 0.3) is 0 Å². The Morgan fingerprint density at radius 2 is 0.839 bits per heavy atom. The third kappa shape index (κ3) is 9.42. The van der Waals surface area contributed by atoms with Gasteiger partial charge in [-0.1, -0.05) is 97.1 Å². The molecule has 0 aliphatic carbocycles. The summed E-state index contributed by atoms with van der Waals surface area (Å²) in [6.45, 7) is 0.320. The van der Waals surface area contributed by atoms with E-state index in [0.717, 1.165) is 32.7 Å². The highest BCUT2D eigenvalue weighted by atomic mass is 32.2. The first-order chi connectivity index (χ1) is 27.0. The zero-order chi connectivity index (χ0) is 39.1. The summed E-state index contributed by atoms with van der Waals surface area (Å²) >= 11 is 0. The van der Waals surface area contributed by atoms with E-state index >= 15 is 0 Å². The fourth-order valence-electron chi connectivity index (χ4n) is 5.81. The van der Waals surface area contributed by atoms with Crippen molar-refractivity contribution in [1.29, 1.82) is 0 Å². The fourth-order valence-corrected chi connectivity index (χ4v) is 7.73. The van der Waals surface area contributed by atoms with E-state index < -0.39 is 32.3 Å². The first kappa shape index (κ1) is 37.4. The van der Waals surface area contributed by atoms with Crippen LogP contribution in [0.5, 0.6) is 11.5 Å². The van der Waals surface area contributed by atoms with Gasteiger partial charge < -0.3 is 29.6 Å². The summed E-state index contributed by atoms with van der Waals surface area (Å²) in [4.78, 5) is 25.5. The second kappa shape index (κ2) is 16.2. The van der Waals surface area contributed by atoms with E-state index in [1.807, 2.05) is 66.7 Å². The van der Waals surface area contributed by atoms with Gasteiger partial charge in [0.05, 0.1) is 0 Å². The van der Waals surface area contributed by atoms with Gasteiger partial charge in [-0.3, -0.25) is 0 Å². The molecule has 0 fully saturated rings. The van der Waals surface area contributed by atoms with Crippen molar-refractivity contribution in [3.63, 3.8) is 0 Å². The molecule has 0 spiro atoms. The third-order valence-electron chi connectivity index (χ3n) is 8.51. The normalized spacial score (nSPS) is 11.4. The Hall–Kier alpha value is -6.90. The quantitative estimate of drug-likeness (QED) is 0.0900. The van der Waals surface area contributed by atoms with Crippen LogP contribution in [0.3, 0.4) is 0 Å². The maximum Gasteiger partial charge on any atom is 0.339 e. The van der Waals surface area contributed by atoms with Crippen LogP contribution in [0.1, 0.15) is 11.1 Å². The van der Waals surface area contributed by atoms with E-state index in [2.05, 4.69) is 21.3 Å². The molecule has 0 aromatic heterocycles. The van der Waals surface area contributed by atoms with Gasteiger partial charge in [0.2, 0.25) is 0 Å². The van der Waals surface area contributed by atoms with Crippen LogP contribution in [0.25, 0.3) is 21.5 Å². The Morgan fingerprint density at radius 3 is 1.29 bits per heavy atom. The average Bonchev–Trinajstić information content (AvgIpc) is 3.19. The molecule has 0 aliphatic heterocycles. The number of urea groups is 2. The van der Waals surface area contributed by atoms with Crippen LogP contribution in [0.2, 0.25) is 0 Å². The summed E-state index contributed by atoms with van der Waals surface area (Å²) in [5.74, 6) is 0.0670. The third-order valence-corrected chi connectivity index (χ3v) is 11.0. The summed E-state index contributed by atoms with van der Waals surface area (Å²) in [7, 11) is -8.26. The SMILES string of the molecule is O=C(NCc1cccc(CNC(=O)Nc2cccc(OS(=O)(=O)c3ccc4ccccc4c3)c2)c1)Nc1cccc(OS(=O)(=O)c2ccc3ccccc3c2)c1. The Bertz CT molecular complexity index is 2620. The predicted molar refractivity (Wildman–Crippen MR) is 215 cm³/mol. The topological polar surface area (TPSA) is 169 Å². The van der Waals surface area contributed by atoms with Crippen LogP contribution >= 0.6 is 0 Å². The molecule has 282 valence electrons. The van der Waals surface area contributed by atoms with E-state index in [0.29, 0.717) is 11.4 Å². The number of anilines is 2. The van der Waals surface area contributed by atoms with Gasteiger partial charge in [0.1, 0.15) is 21.3 Å². The summed E-state index contributed by atoms with van der Waals surface area (Å²) in [6, 6.07) is 42.5. The summed E-state index contributed by atoms with van der Waals surface area (Å²) in [5.41, 5.74) is 2.16. The molecule has 0 aliphatic rings. The Morgan fingerprint density at radius 1 is 0.429 bits per heavy atom. The molecule has 0 unspecified atom stereocenters. The fraction of sp³-hybridized carbons (Fsp3) is 0.0476. The Labute approximate surface area is 323 Å². The molecule has 56 heavy (non-hydrogen) atoms. The second-order valence-electron chi connectivity index (χ2n) is 12.6. The molecule has 4 amide bonds. The summed E-state index contributed by atoms with van der Waals surface area (Å²) < 4.78 is 62.7. The van der Waals surface area contributed by atoms with Crippen molar-refractivity contribution < 1.29 is 34.8 Å². The second-order valence-corrected chi connectivity index (χ2v) is 15.7. The van der Waals surface area contributed by atoms with Gasteiger partial charge in [-0.25, -0.2) is 9.59 Å². The van der Waals surface area contributed by atoms with Gasteiger partial charge in [-0.2, -0.15) is 16.8 Å². The minimum atomic E-state index is -4.13. The lowest BCUT2D eigenvalue weighted by atomic mass is 10.1. The van der Waals surface area contributed by atoms with Crippen LogP contribution in [-0.2, 0) is 33.3 Å². The van der Waals surface area contributed by atoms with Crippen molar-refractivity contribution >= 4 is 65.2 Å². The molecule has 0 saturated carbocycles. The lowest BCUT2D eigenvalue weighted by Crippen LogP contribution is -2.29. The number of rotatable bonds is 12. The van der Waals surface area contributed by atoms with Crippen LogP contribution in [-0.4, -0.2) is 28.9 Å². The zero-order valence-corrected chi connectivity index (χ0v) is 31.1. The molecule has 4 N–H and O–H groups in total. The maximum absolute atomic E-state index is 13.0. The van der Waals surface area contributed by atoms with Gasteiger partial charge in [0.15, 0.2) is 0 Å². The standard InChI is InChI=1S/C42H34N4O8S2/c47-41(45-35-14-6-16-37(25-35)53-55(49,50)39-20-18-31-10-1-3-12-33(31)23-39)43-27-29-8-5-9-30(22-29)28-44-42(48)46-36-15-7-17-38(26-36)54-56(51,52)40-21-19-32-11-2-4-13-34(32)24-40/h1-26H,27-28H2,(H2,43,45,47)(H2,44,46,48). The minimum absolute atomic E-state index is 0.00839. The molecule has 0 bridgehead atoms. The molecule has 7 aromatic carbocycles. The number of hydrogen-bond donors (Lipinski definition) is 4. The van der Waals surface area contributed by atoms with E-state index in [-0.39, 0.29) is 34.4 Å². The number of nitrogens with one attached hydrogen (secondary N) is 4. The number of amides is 4. The van der Waals surface area contributed by atoms with Gasteiger partial charge >= 0.3 is 32.3 Å². The number of hydrogen-bond acceptors (Lipinski definition) is 8. The van der Waals surface area contributed by atoms with Gasteiger partial charge in [-0.05, 0) is 81.2 Å². The molecule has 0 radical (unpaired) electrons. The van der Waals surface area contributed by atoms with Crippen molar-refractivity contribution in [1.82, 2.24) is 10.6 Å². The van der Waals surface area contributed by atoms with Crippen molar-refractivity contribution in [2.45, 2.75) is 22.9 Å². The number of carbonyl (C=O) groups is 2. The molecule has 7 rings (SSSR count). The molecular formula is C42H34N4O8S2. The van der Waals surface area contributed by atoms with Crippen molar-refractivity contribution in [2.24, 2.45) is 0 Å². The van der Waals surface area contributed by atoms with Gasteiger partial charge in [-0.15, -0.1) is 0 Å². The van der Waals surface area contributed by atoms with Crippen LogP contribution in [0, 0.1) is 0 Å². The average molecular weight is 787 g/mol. The number of fused-ring (bicyclic) bond motifs is 2. The zero-order valence-electron chi connectivity index (χ0n) is 29.5.